The molecule has 0 aromatic heterocycles. The first-order valence-corrected chi connectivity index (χ1v) is 42.2. The number of methoxy groups -OCH3 is 3. The Morgan fingerprint density at radius 1 is 0.103 bits per heavy atom. The largest absolute Gasteiger partial charge is 0.475 e. The molecule has 0 atom stereocenters. The van der Waals surface area contributed by atoms with Crippen LogP contribution in [0.3, 0.4) is 0 Å². The summed E-state index contributed by atoms with van der Waals surface area (Å²) in [6.45, 7) is 30.2. The molecule has 0 saturated carbocycles. The van der Waals surface area contributed by atoms with Crippen molar-refractivity contribution in [2.24, 2.45) is 0 Å². The topological polar surface area (TPSA) is 377 Å². The number of hydrogen-bond acceptors (Lipinski definition) is 40. The first-order chi connectivity index (χ1) is 57.7. The zero-order valence-electron chi connectivity index (χ0n) is 70.7. The van der Waals surface area contributed by atoms with E-state index in [1.807, 2.05) is 0 Å². The molecule has 116 heavy (non-hydrogen) atoms. The smallest absolute Gasteiger partial charge is 0.382 e. The van der Waals surface area contributed by atoms with Crippen LogP contribution in [0.4, 0.5) is 0 Å². The van der Waals surface area contributed by atoms with Gasteiger partial charge in [-0.05, 0) is 0 Å². The van der Waals surface area contributed by atoms with Crippen molar-refractivity contribution in [3.63, 3.8) is 0 Å². The lowest BCUT2D eigenvalue weighted by atomic mass is 10.6. The molecule has 41 heteroatoms. The molecule has 0 aliphatic heterocycles. The highest BCUT2D eigenvalue weighted by atomic mass is 31.2. The average Bonchev–Trinajstić information content (AvgIpc) is 0.901. The van der Waals surface area contributed by atoms with Crippen LogP contribution in [-0.2, 0) is 189 Å². The standard InChI is InChI=1S/C75H153O40P/c1-77-4-7-80-10-13-83-16-19-86-22-25-89-28-31-92-34-37-95-40-43-98-46-49-101-52-55-104-58-61-107-64-67-110-70-73-113-116(76,114-74-71-111-68-65-108-62-59-105-56-53-102-50-47-99-44-41-96-38-35-93-32-29-90-26-23-87-20-17-84-14-11-81-8-5-78-2)115-75-72-112-69-66-109-63-60-106-57-54-103-51-48-100-45-42-97-39-36-94-33-30-91-27-24-88-21-18-85-15-12-82-9-6-79-3/h4-75H2,1-3H3. The Balaban J connectivity index is 4.09. The van der Waals surface area contributed by atoms with Crippen molar-refractivity contribution < 1.29 is 189 Å². The molecule has 0 unspecified atom stereocenters. The van der Waals surface area contributed by atoms with Gasteiger partial charge in [-0.2, -0.15) is 0 Å². The summed E-state index contributed by atoms with van der Waals surface area (Å²) in [4.78, 5) is 0. The summed E-state index contributed by atoms with van der Waals surface area (Å²) in [5, 5.41) is 0. The van der Waals surface area contributed by atoms with E-state index in [-0.39, 0.29) is 59.5 Å². The predicted molar refractivity (Wildman–Crippen MR) is 418 cm³/mol. The Hall–Kier alpha value is -1.33. The van der Waals surface area contributed by atoms with Crippen LogP contribution < -0.4 is 0 Å². The molecule has 0 amide bonds. The van der Waals surface area contributed by atoms with E-state index >= 15 is 0 Å². The highest BCUT2D eigenvalue weighted by molar-refractivity contribution is 7.48. The molecule has 0 aromatic rings. The summed E-state index contributed by atoms with van der Waals surface area (Å²) in [5.41, 5.74) is 0. The highest BCUT2D eigenvalue weighted by Crippen LogP contribution is 2.49. The summed E-state index contributed by atoms with van der Waals surface area (Å²) < 4.78 is 227. The molecule has 0 N–H and O–H groups in total. The van der Waals surface area contributed by atoms with Crippen molar-refractivity contribution in [1.29, 1.82) is 0 Å². The van der Waals surface area contributed by atoms with Gasteiger partial charge in [0.25, 0.3) is 0 Å². The molecule has 0 aliphatic carbocycles. The van der Waals surface area contributed by atoms with Gasteiger partial charge in [0, 0.05) is 21.3 Å². The van der Waals surface area contributed by atoms with Crippen molar-refractivity contribution in [1.82, 2.24) is 0 Å². The van der Waals surface area contributed by atoms with Gasteiger partial charge in [-0.25, -0.2) is 4.57 Å². The van der Waals surface area contributed by atoms with Gasteiger partial charge in [-0.1, -0.05) is 0 Å². The molecule has 0 saturated heterocycles. The fourth-order valence-electron chi connectivity index (χ4n) is 8.07. The van der Waals surface area contributed by atoms with Crippen LogP contribution >= 0.6 is 7.82 Å². The molecule has 0 fully saturated rings. The highest BCUT2D eigenvalue weighted by Gasteiger charge is 2.27. The third-order valence-corrected chi connectivity index (χ3v) is 15.4. The Bertz CT molecular complexity index is 1590. The Labute approximate surface area is 691 Å². The monoisotopic (exact) mass is 1720 g/mol. The first kappa shape index (κ1) is 115. The molecule has 698 valence electrons. The fraction of sp³-hybridized carbons (Fsp3) is 1.00. The zero-order chi connectivity index (χ0) is 83.0. The number of rotatable bonds is 111. The summed E-state index contributed by atoms with van der Waals surface area (Å²) in [6, 6.07) is 0. The third kappa shape index (κ3) is 105. The maximum absolute atomic E-state index is 13.6. The Morgan fingerprint density at radius 3 is 0.233 bits per heavy atom. The minimum atomic E-state index is -4.03. The Morgan fingerprint density at radius 2 is 0.164 bits per heavy atom. The summed E-state index contributed by atoms with van der Waals surface area (Å²) in [7, 11) is 0.887. The van der Waals surface area contributed by atoms with Crippen LogP contribution in [0.2, 0.25) is 0 Å². The van der Waals surface area contributed by atoms with Crippen molar-refractivity contribution in [2.75, 3.05) is 497 Å². The van der Waals surface area contributed by atoms with Crippen molar-refractivity contribution in [2.45, 2.75) is 0 Å². The minimum absolute atomic E-state index is 0.0701. The van der Waals surface area contributed by atoms with E-state index in [1.165, 1.54) is 0 Å². The van der Waals surface area contributed by atoms with Crippen LogP contribution in [0.25, 0.3) is 0 Å². The molecule has 0 spiro atoms. The van der Waals surface area contributed by atoms with Gasteiger partial charge < -0.3 is 171 Å². The SMILES string of the molecule is COCCOCCOCCOCCOCCOCCOCCOCCOCCOCCOCCOCCOP(=O)(OCCOCCOCCOCCOCCOCCOCCOCCOCCOCCOCCOCCOC)OCCOCCOCCOCCOCCOCCOCCOCCOCCOCCOCCOCCOC. The molecule has 40 nitrogen and oxygen atoms in total. The fourth-order valence-corrected chi connectivity index (χ4v) is 9.18. The van der Waals surface area contributed by atoms with Crippen molar-refractivity contribution >= 4 is 7.82 Å². The maximum Gasteiger partial charge on any atom is 0.475 e. The number of phosphoric acid groups is 1. The van der Waals surface area contributed by atoms with Crippen LogP contribution in [0.15, 0.2) is 0 Å². The maximum atomic E-state index is 13.6. The van der Waals surface area contributed by atoms with E-state index in [2.05, 4.69) is 0 Å². The average molecular weight is 1730 g/mol. The lowest BCUT2D eigenvalue weighted by Crippen LogP contribution is -2.16. The van der Waals surface area contributed by atoms with Crippen LogP contribution in [0.5, 0.6) is 0 Å². The van der Waals surface area contributed by atoms with Crippen LogP contribution in [-0.4, -0.2) is 497 Å². The number of hydrogen-bond donors (Lipinski definition) is 0. The van der Waals surface area contributed by atoms with E-state index < -0.39 is 7.82 Å². The van der Waals surface area contributed by atoms with E-state index in [4.69, 9.17) is 184 Å². The van der Waals surface area contributed by atoms with Gasteiger partial charge in [0.15, 0.2) is 0 Å². The normalized spacial score (nSPS) is 12.0. The van der Waals surface area contributed by atoms with E-state index in [0.717, 1.165) is 0 Å². The van der Waals surface area contributed by atoms with Gasteiger partial charge in [0.1, 0.15) is 0 Å². The van der Waals surface area contributed by atoms with Gasteiger partial charge in [0.2, 0.25) is 0 Å². The summed E-state index contributed by atoms with van der Waals surface area (Å²) >= 11 is 0. The first-order valence-electron chi connectivity index (χ1n) is 40.7. The van der Waals surface area contributed by atoms with Crippen molar-refractivity contribution in [3.8, 4) is 0 Å². The predicted octanol–water partition coefficient (Wildman–Crippen LogP) is 1.63. The second-order valence-corrected chi connectivity index (χ2v) is 24.8. The molecule has 0 heterocycles. The lowest BCUT2D eigenvalue weighted by Gasteiger charge is -2.18. The molecular formula is C75H153O40P. The lowest BCUT2D eigenvalue weighted by molar-refractivity contribution is -0.0291. The van der Waals surface area contributed by atoms with E-state index in [9.17, 15) is 4.57 Å². The van der Waals surface area contributed by atoms with Crippen LogP contribution in [0.1, 0.15) is 0 Å². The quantitative estimate of drug-likeness (QED) is 0.0617. The van der Waals surface area contributed by atoms with Gasteiger partial charge in [-0.3, -0.25) is 13.6 Å². The second-order valence-electron chi connectivity index (χ2n) is 23.1. The zero-order valence-corrected chi connectivity index (χ0v) is 71.6. The molecule has 0 radical (unpaired) electrons. The van der Waals surface area contributed by atoms with E-state index in [1.54, 1.807) is 21.3 Å². The molecule has 0 bridgehead atoms. The summed E-state index contributed by atoms with van der Waals surface area (Å²) in [6.07, 6.45) is 0. The van der Waals surface area contributed by atoms with E-state index in [0.29, 0.717) is 416 Å². The molecule has 0 rings (SSSR count). The van der Waals surface area contributed by atoms with Gasteiger partial charge in [-0.15, -0.1) is 0 Å². The van der Waals surface area contributed by atoms with Crippen molar-refractivity contribution in [3.05, 3.63) is 0 Å². The molecule has 0 aromatic carbocycles. The van der Waals surface area contributed by atoms with Crippen LogP contribution in [0, 0.1) is 0 Å². The molecule has 0 aliphatic rings. The van der Waals surface area contributed by atoms with Gasteiger partial charge >= 0.3 is 7.82 Å². The minimum Gasteiger partial charge on any atom is -0.382 e. The summed E-state index contributed by atoms with van der Waals surface area (Å²) in [5.74, 6) is 0. The number of phosphoric ester groups is 1. The van der Waals surface area contributed by atoms with Gasteiger partial charge in [0.05, 0.1) is 476 Å². The molecular weight excluding hydrogens is 1570 g/mol. The number of ether oxygens (including phenoxy) is 36. The Kier molecular flexibility index (Phi) is 107. The second kappa shape index (κ2) is 108. The third-order valence-electron chi connectivity index (χ3n) is 13.9.